The van der Waals surface area contributed by atoms with Gasteiger partial charge in [-0.3, -0.25) is 9.59 Å². The van der Waals surface area contributed by atoms with Crippen molar-refractivity contribution >= 4 is 29.1 Å². The number of ether oxygens (including phenoxy) is 2. The summed E-state index contributed by atoms with van der Waals surface area (Å²) in [6, 6.07) is 22.3. The maximum Gasteiger partial charge on any atom is 0.227 e. The Morgan fingerprint density at radius 3 is 2.27 bits per heavy atom. The number of carbonyl (C=O) groups excluding carboxylic acids is 2. The Labute approximate surface area is 198 Å². The molecule has 3 aromatic carbocycles. The standard InChI is InChI=1S/C26H25ClN2O4/c1-32-23-10-4-18(5-11-23)15-28-26(31)20-14-25(30)29(16-20)22-8-12-24(13-9-22)33-17-19-2-6-21(27)7-3-19/h2-13,20H,14-17H2,1H3,(H,28,31). The Hall–Kier alpha value is -3.51. The number of hydrogen-bond donors (Lipinski definition) is 1. The molecule has 170 valence electrons. The molecule has 0 aromatic heterocycles. The van der Waals surface area contributed by atoms with E-state index in [0.29, 0.717) is 30.5 Å². The smallest absolute Gasteiger partial charge is 0.227 e. The predicted octanol–water partition coefficient (Wildman–Crippen LogP) is 4.60. The first kappa shape index (κ1) is 22.7. The summed E-state index contributed by atoms with van der Waals surface area (Å²) in [5.41, 5.74) is 2.74. The lowest BCUT2D eigenvalue weighted by molar-refractivity contribution is -0.126. The van der Waals surface area contributed by atoms with Gasteiger partial charge in [-0.25, -0.2) is 0 Å². The summed E-state index contributed by atoms with van der Waals surface area (Å²) < 4.78 is 10.9. The molecule has 1 saturated heterocycles. The number of anilines is 1. The molecule has 0 spiro atoms. The second-order valence-electron chi connectivity index (χ2n) is 7.88. The van der Waals surface area contributed by atoms with Crippen molar-refractivity contribution < 1.29 is 19.1 Å². The zero-order valence-corrected chi connectivity index (χ0v) is 19.0. The normalized spacial score (nSPS) is 15.4. The molecule has 33 heavy (non-hydrogen) atoms. The van der Waals surface area contributed by atoms with Gasteiger partial charge in [0.2, 0.25) is 11.8 Å². The van der Waals surface area contributed by atoms with Gasteiger partial charge in [0.25, 0.3) is 0 Å². The Kier molecular flexibility index (Phi) is 7.15. The van der Waals surface area contributed by atoms with Gasteiger partial charge in [0, 0.05) is 30.2 Å². The molecule has 1 atom stereocenters. The van der Waals surface area contributed by atoms with Crippen molar-refractivity contribution in [1.82, 2.24) is 5.32 Å². The Bertz CT molecular complexity index is 1100. The second kappa shape index (κ2) is 10.4. The van der Waals surface area contributed by atoms with Gasteiger partial charge < -0.3 is 19.7 Å². The van der Waals surface area contributed by atoms with E-state index in [1.165, 1.54) is 0 Å². The second-order valence-corrected chi connectivity index (χ2v) is 8.32. The van der Waals surface area contributed by atoms with Gasteiger partial charge in [0.1, 0.15) is 18.1 Å². The fourth-order valence-electron chi connectivity index (χ4n) is 3.68. The number of amides is 2. The number of methoxy groups -OCH3 is 1. The van der Waals surface area contributed by atoms with Crippen molar-refractivity contribution in [2.24, 2.45) is 5.92 Å². The highest BCUT2D eigenvalue weighted by molar-refractivity contribution is 6.30. The zero-order valence-electron chi connectivity index (χ0n) is 18.3. The van der Waals surface area contributed by atoms with Crippen molar-refractivity contribution in [2.75, 3.05) is 18.6 Å². The summed E-state index contributed by atoms with van der Waals surface area (Å²) in [5.74, 6) is 0.910. The molecule has 0 saturated carbocycles. The summed E-state index contributed by atoms with van der Waals surface area (Å²) in [6.07, 6.45) is 0.198. The monoisotopic (exact) mass is 464 g/mol. The van der Waals surface area contributed by atoms with Crippen LogP contribution in [-0.4, -0.2) is 25.5 Å². The molecule has 0 bridgehead atoms. The van der Waals surface area contributed by atoms with Gasteiger partial charge >= 0.3 is 0 Å². The molecule has 6 nitrogen and oxygen atoms in total. The molecule has 0 aliphatic carbocycles. The minimum atomic E-state index is -0.378. The summed E-state index contributed by atoms with van der Waals surface area (Å²) in [5, 5.41) is 3.62. The predicted molar refractivity (Wildman–Crippen MR) is 128 cm³/mol. The highest BCUT2D eigenvalue weighted by Crippen LogP contribution is 2.27. The van der Waals surface area contributed by atoms with Crippen LogP contribution in [0.3, 0.4) is 0 Å². The quantitative estimate of drug-likeness (QED) is 0.529. The van der Waals surface area contributed by atoms with Crippen LogP contribution in [0.5, 0.6) is 11.5 Å². The fourth-order valence-corrected chi connectivity index (χ4v) is 3.81. The Morgan fingerprint density at radius 1 is 0.970 bits per heavy atom. The number of nitrogens with one attached hydrogen (secondary N) is 1. The Morgan fingerprint density at radius 2 is 1.61 bits per heavy atom. The molecule has 0 radical (unpaired) electrons. The molecule has 1 heterocycles. The highest BCUT2D eigenvalue weighted by atomic mass is 35.5. The number of carbonyl (C=O) groups is 2. The van der Waals surface area contributed by atoms with E-state index < -0.39 is 0 Å². The van der Waals surface area contributed by atoms with Crippen LogP contribution < -0.4 is 19.7 Å². The lowest BCUT2D eigenvalue weighted by atomic mass is 10.1. The van der Waals surface area contributed by atoms with Crippen LogP contribution in [0.15, 0.2) is 72.8 Å². The fraction of sp³-hybridized carbons (Fsp3) is 0.231. The van der Waals surface area contributed by atoms with Crippen molar-refractivity contribution in [3.05, 3.63) is 88.9 Å². The van der Waals surface area contributed by atoms with Crippen LogP contribution in [0.4, 0.5) is 5.69 Å². The molecule has 1 aliphatic heterocycles. The average Bonchev–Trinajstić information content (AvgIpc) is 3.24. The maximum atomic E-state index is 12.6. The SMILES string of the molecule is COc1ccc(CNC(=O)C2CC(=O)N(c3ccc(OCc4ccc(Cl)cc4)cc3)C2)cc1. The molecule has 1 aliphatic rings. The van der Waals surface area contributed by atoms with Gasteiger partial charge in [-0.2, -0.15) is 0 Å². The van der Waals surface area contributed by atoms with Crippen LogP contribution in [0.1, 0.15) is 17.5 Å². The van der Waals surface area contributed by atoms with E-state index in [-0.39, 0.29) is 24.2 Å². The maximum absolute atomic E-state index is 12.6. The number of rotatable bonds is 8. The number of benzene rings is 3. The molecule has 4 rings (SSSR count). The van der Waals surface area contributed by atoms with E-state index >= 15 is 0 Å². The van der Waals surface area contributed by atoms with E-state index in [4.69, 9.17) is 21.1 Å². The minimum absolute atomic E-state index is 0.0607. The molecule has 3 aromatic rings. The van der Waals surface area contributed by atoms with Gasteiger partial charge in [0.15, 0.2) is 0 Å². The summed E-state index contributed by atoms with van der Waals surface area (Å²) in [4.78, 5) is 26.8. The van der Waals surface area contributed by atoms with Gasteiger partial charge in [-0.15, -0.1) is 0 Å². The summed E-state index contributed by atoms with van der Waals surface area (Å²) in [7, 11) is 1.61. The third-order valence-corrected chi connectivity index (χ3v) is 5.84. The van der Waals surface area contributed by atoms with E-state index in [2.05, 4.69) is 5.32 Å². The van der Waals surface area contributed by atoms with Gasteiger partial charge in [0.05, 0.1) is 13.0 Å². The first-order valence-electron chi connectivity index (χ1n) is 10.7. The highest BCUT2D eigenvalue weighted by Gasteiger charge is 2.35. The minimum Gasteiger partial charge on any atom is -0.497 e. The zero-order chi connectivity index (χ0) is 23.2. The van der Waals surface area contributed by atoms with Crippen LogP contribution in [0, 0.1) is 5.92 Å². The van der Waals surface area contributed by atoms with Crippen LogP contribution in [0.25, 0.3) is 0 Å². The number of hydrogen-bond acceptors (Lipinski definition) is 4. The summed E-state index contributed by atoms with van der Waals surface area (Å²) >= 11 is 5.90. The van der Waals surface area contributed by atoms with Gasteiger partial charge in [-0.1, -0.05) is 35.9 Å². The van der Waals surface area contributed by atoms with E-state index in [1.807, 2.05) is 72.8 Å². The van der Waals surface area contributed by atoms with Crippen molar-refractivity contribution in [1.29, 1.82) is 0 Å². The van der Waals surface area contributed by atoms with Crippen molar-refractivity contribution in [3.63, 3.8) is 0 Å². The van der Waals surface area contributed by atoms with Crippen molar-refractivity contribution in [2.45, 2.75) is 19.6 Å². The molecule has 1 N–H and O–H groups in total. The third-order valence-electron chi connectivity index (χ3n) is 5.59. The van der Waals surface area contributed by atoms with Crippen molar-refractivity contribution in [3.8, 4) is 11.5 Å². The molecule has 7 heteroatoms. The van der Waals surface area contributed by atoms with Crippen LogP contribution >= 0.6 is 11.6 Å². The average molecular weight is 465 g/mol. The lowest BCUT2D eigenvalue weighted by Crippen LogP contribution is -2.32. The van der Waals surface area contributed by atoms with Crippen LogP contribution in [0.2, 0.25) is 5.02 Å². The van der Waals surface area contributed by atoms with E-state index in [1.54, 1.807) is 12.0 Å². The molecular weight excluding hydrogens is 440 g/mol. The first-order valence-corrected chi connectivity index (χ1v) is 11.1. The van der Waals surface area contributed by atoms with Gasteiger partial charge in [-0.05, 0) is 59.7 Å². The third kappa shape index (κ3) is 5.84. The number of halogens is 1. The summed E-state index contributed by atoms with van der Waals surface area (Å²) in [6.45, 7) is 1.20. The van der Waals surface area contributed by atoms with Crippen LogP contribution in [-0.2, 0) is 22.7 Å². The molecule has 1 unspecified atom stereocenters. The first-order chi connectivity index (χ1) is 16.0. The van der Waals surface area contributed by atoms with E-state index in [0.717, 1.165) is 22.6 Å². The van der Waals surface area contributed by atoms with E-state index in [9.17, 15) is 9.59 Å². The topological polar surface area (TPSA) is 67.9 Å². The lowest BCUT2D eigenvalue weighted by Gasteiger charge is -2.17. The molecule has 2 amide bonds. The Balaban J connectivity index is 1.29. The number of nitrogens with zero attached hydrogens (tertiary/aromatic N) is 1. The largest absolute Gasteiger partial charge is 0.497 e. The molecular formula is C26H25ClN2O4. The molecule has 1 fully saturated rings.